The highest BCUT2D eigenvalue weighted by atomic mass is 19.1. The fourth-order valence-corrected chi connectivity index (χ4v) is 2.28. The van der Waals surface area contributed by atoms with Crippen LogP contribution in [0.5, 0.6) is 0 Å². The summed E-state index contributed by atoms with van der Waals surface area (Å²) in [4.78, 5) is 14.0. The third-order valence-corrected chi connectivity index (χ3v) is 3.53. The number of carbonyl (C=O) groups excluding carboxylic acids is 1. The largest absolute Gasteiger partial charge is 0.398 e. The number of nitrogens with two attached hydrogens (primary N) is 1. The van der Waals surface area contributed by atoms with Gasteiger partial charge in [-0.15, -0.1) is 0 Å². The van der Waals surface area contributed by atoms with E-state index in [9.17, 15) is 9.18 Å². The molecule has 1 amide bonds. The molecule has 0 saturated carbocycles. The van der Waals surface area contributed by atoms with E-state index in [1.807, 2.05) is 32.0 Å². The van der Waals surface area contributed by atoms with E-state index in [-0.39, 0.29) is 17.2 Å². The lowest BCUT2D eigenvalue weighted by molar-refractivity contribution is 0.0992. The van der Waals surface area contributed by atoms with Gasteiger partial charge in [0.05, 0.1) is 0 Å². The lowest BCUT2D eigenvalue weighted by atomic mass is 10.1. The molecule has 2 N–H and O–H groups in total. The molecule has 3 nitrogen and oxygen atoms in total. The molecule has 2 rings (SSSR count). The molecule has 0 aliphatic carbocycles. The quantitative estimate of drug-likeness (QED) is 0.857. The maximum Gasteiger partial charge on any atom is 0.258 e. The summed E-state index contributed by atoms with van der Waals surface area (Å²) in [5.74, 6) is -0.752. The van der Waals surface area contributed by atoms with Crippen molar-refractivity contribution in [2.24, 2.45) is 0 Å². The number of amides is 1. The monoisotopic (exact) mass is 286 g/mol. The number of aryl methyl sites for hydroxylation is 2. The number of halogens is 1. The Bertz CT molecular complexity index is 667. The van der Waals surface area contributed by atoms with Gasteiger partial charge >= 0.3 is 0 Å². The molecular weight excluding hydrogens is 267 g/mol. The van der Waals surface area contributed by atoms with Crippen molar-refractivity contribution in [2.75, 3.05) is 17.7 Å². The van der Waals surface area contributed by atoms with E-state index in [1.165, 1.54) is 17.0 Å². The van der Waals surface area contributed by atoms with Gasteiger partial charge in [0, 0.05) is 29.5 Å². The van der Waals surface area contributed by atoms with Crippen molar-refractivity contribution in [1.82, 2.24) is 0 Å². The fourth-order valence-electron chi connectivity index (χ4n) is 2.28. The zero-order valence-corrected chi connectivity index (χ0v) is 12.7. The summed E-state index contributed by atoms with van der Waals surface area (Å²) >= 11 is 0. The third kappa shape index (κ3) is 3.05. The second-order valence-corrected chi connectivity index (χ2v) is 5.38. The molecular formula is C17H19FN2O. The second kappa shape index (κ2) is 5.56. The molecule has 0 spiro atoms. The van der Waals surface area contributed by atoms with E-state index >= 15 is 0 Å². The van der Waals surface area contributed by atoms with Crippen molar-refractivity contribution in [3.63, 3.8) is 0 Å². The molecule has 2 aromatic rings. The first-order valence-corrected chi connectivity index (χ1v) is 6.71. The SMILES string of the molecule is Cc1cc(C)cc(N(C)C(=O)c2cc(N)c(C)c(F)c2)c1. The summed E-state index contributed by atoms with van der Waals surface area (Å²) in [7, 11) is 1.67. The van der Waals surface area contributed by atoms with Gasteiger partial charge in [0.15, 0.2) is 0 Å². The summed E-state index contributed by atoms with van der Waals surface area (Å²) in [5, 5.41) is 0. The molecule has 0 fully saturated rings. The van der Waals surface area contributed by atoms with Crippen molar-refractivity contribution < 1.29 is 9.18 Å². The van der Waals surface area contributed by atoms with E-state index in [0.717, 1.165) is 16.8 Å². The molecule has 0 aromatic heterocycles. The maximum atomic E-state index is 13.7. The van der Waals surface area contributed by atoms with E-state index in [4.69, 9.17) is 5.73 Å². The van der Waals surface area contributed by atoms with Gasteiger partial charge in [-0.2, -0.15) is 0 Å². The molecule has 0 radical (unpaired) electrons. The van der Waals surface area contributed by atoms with Crippen molar-refractivity contribution in [1.29, 1.82) is 0 Å². The summed E-state index contributed by atoms with van der Waals surface area (Å²) in [6, 6.07) is 8.61. The van der Waals surface area contributed by atoms with E-state index in [2.05, 4.69) is 0 Å². The first-order valence-electron chi connectivity index (χ1n) is 6.71. The Morgan fingerprint density at radius 3 is 2.14 bits per heavy atom. The Hall–Kier alpha value is -2.36. The number of anilines is 2. The summed E-state index contributed by atoms with van der Waals surface area (Å²) < 4.78 is 13.7. The average molecular weight is 286 g/mol. The van der Waals surface area contributed by atoms with Crippen molar-refractivity contribution in [2.45, 2.75) is 20.8 Å². The number of nitrogen functional groups attached to an aromatic ring is 1. The molecule has 0 bridgehead atoms. The molecule has 0 saturated heterocycles. The van der Waals surface area contributed by atoms with Crippen LogP contribution < -0.4 is 10.6 Å². The van der Waals surface area contributed by atoms with Gasteiger partial charge in [-0.25, -0.2) is 4.39 Å². The minimum Gasteiger partial charge on any atom is -0.398 e. The standard InChI is InChI=1S/C17H19FN2O/c1-10-5-11(2)7-14(6-10)20(4)17(21)13-8-15(18)12(3)16(19)9-13/h5-9H,19H2,1-4H3. The van der Waals surface area contributed by atoms with Crippen molar-refractivity contribution >= 4 is 17.3 Å². The van der Waals surface area contributed by atoms with Crippen LogP contribution in [-0.4, -0.2) is 13.0 Å². The number of carbonyl (C=O) groups is 1. The Kier molecular flexibility index (Phi) is 3.98. The van der Waals surface area contributed by atoms with Gasteiger partial charge in [-0.3, -0.25) is 4.79 Å². The predicted molar refractivity (Wildman–Crippen MR) is 84.2 cm³/mol. The zero-order chi connectivity index (χ0) is 15.7. The fraction of sp³-hybridized carbons (Fsp3) is 0.235. The van der Waals surface area contributed by atoms with Crippen LogP contribution >= 0.6 is 0 Å². The van der Waals surface area contributed by atoms with Crippen LogP contribution in [0.4, 0.5) is 15.8 Å². The van der Waals surface area contributed by atoms with Gasteiger partial charge in [0.25, 0.3) is 5.91 Å². The highest BCUT2D eigenvalue weighted by Gasteiger charge is 2.16. The van der Waals surface area contributed by atoms with Gasteiger partial charge in [-0.1, -0.05) is 6.07 Å². The minimum absolute atomic E-state index is 0.247. The van der Waals surface area contributed by atoms with Crippen molar-refractivity contribution in [3.8, 4) is 0 Å². The van der Waals surface area contributed by atoms with Crippen molar-refractivity contribution in [3.05, 3.63) is 58.4 Å². The third-order valence-electron chi connectivity index (χ3n) is 3.53. The Morgan fingerprint density at radius 1 is 1.05 bits per heavy atom. The smallest absolute Gasteiger partial charge is 0.258 e. The van der Waals surface area contributed by atoms with Crippen LogP contribution in [0.1, 0.15) is 27.0 Å². The lowest BCUT2D eigenvalue weighted by Crippen LogP contribution is -2.26. The zero-order valence-electron chi connectivity index (χ0n) is 12.7. The molecule has 4 heteroatoms. The van der Waals surface area contributed by atoms with Crippen LogP contribution in [0.2, 0.25) is 0 Å². The van der Waals surface area contributed by atoms with Gasteiger partial charge in [0.2, 0.25) is 0 Å². The average Bonchev–Trinajstić information content (AvgIpc) is 2.41. The van der Waals surface area contributed by atoms with Crippen LogP contribution in [0, 0.1) is 26.6 Å². The van der Waals surface area contributed by atoms with Gasteiger partial charge < -0.3 is 10.6 Å². The predicted octanol–water partition coefficient (Wildman–Crippen LogP) is 3.61. The first kappa shape index (κ1) is 15.0. The molecule has 0 aliphatic rings. The summed E-state index contributed by atoms with van der Waals surface area (Å²) in [6.45, 7) is 5.53. The molecule has 0 aliphatic heterocycles. The Labute approximate surface area is 124 Å². The summed E-state index contributed by atoms with van der Waals surface area (Å²) in [6.07, 6.45) is 0. The van der Waals surface area contributed by atoms with Crippen LogP contribution in [0.25, 0.3) is 0 Å². The highest BCUT2D eigenvalue weighted by Crippen LogP contribution is 2.22. The minimum atomic E-state index is -0.466. The summed E-state index contributed by atoms with van der Waals surface area (Å²) in [5.41, 5.74) is 9.54. The number of benzene rings is 2. The molecule has 0 atom stereocenters. The Balaban J connectivity index is 2.39. The molecule has 2 aromatic carbocycles. The van der Waals surface area contributed by atoms with Crippen LogP contribution in [0.3, 0.4) is 0 Å². The lowest BCUT2D eigenvalue weighted by Gasteiger charge is -2.19. The van der Waals surface area contributed by atoms with Crippen LogP contribution in [-0.2, 0) is 0 Å². The van der Waals surface area contributed by atoms with Gasteiger partial charge in [-0.05, 0) is 56.2 Å². The molecule has 0 unspecified atom stereocenters. The number of hydrogen-bond donors (Lipinski definition) is 1. The molecule has 110 valence electrons. The van der Waals surface area contributed by atoms with E-state index < -0.39 is 5.82 Å². The van der Waals surface area contributed by atoms with Crippen LogP contribution in [0.15, 0.2) is 30.3 Å². The van der Waals surface area contributed by atoms with E-state index in [0.29, 0.717) is 5.56 Å². The van der Waals surface area contributed by atoms with Gasteiger partial charge in [0.1, 0.15) is 5.82 Å². The first-order chi connectivity index (χ1) is 9.79. The topological polar surface area (TPSA) is 46.3 Å². The normalized spacial score (nSPS) is 10.5. The number of rotatable bonds is 2. The second-order valence-electron chi connectivity index (χ2n) is 5.38. The number of nitrogens with zero attached hydrogens (tertiary/aromatic N) is 1. The van der Waals surface area contributed by atoms with E-state index in [1.54, 1.807) is 14.0 Å². The molecule has 21 heavy (non-hydrogen) atoms. The number of hydrogen-bond acceptors (Lipinski definition) is 2. The molecule has 0 heterocycles. The maximum absolute atomic E-state index is 13.7. The highest BCUT2D eigenvalue weighted by molar-refractivity contribution is 6.06. The Morgan fingerprint density at radius 2 is 1.62 bits per heavy atom.